The first kappa shape index (κ1) is 32.5. The van der Waals surface area contributed by atoms with E-state index >= 15 is 0 Å². The summed E-state index contributed by atoms with van der Waals surface area (Å²) in [4.78, 5) is 32.6. The summed E-state index contributed by atoms with van der Waals surface area (Å²) in [7, 11) is 3.04. The molecule has 1 aliphatic heterocycles. The second-order valence-electron chi connectivity index (χ2n) is 10.6. The van der Waals surface area contributed by atoms with Gasteiger partial charge in [-0.15, -0.1) is 0 Å². The Balaban J connectivity index is 1.66. The molecule has 4 aromatic rings. The molecule has 0 unspecified atom stereocenters. The number of nitrogens with zero attached hydrogens (tertiary/aromatic N) is 2. The fraction of sp³-hybridized carbons (Fsp3) is 0.286. The predicted octanol–water partition coefficient (Wildman–Crippen LogP) is 5.32. The average molecular weight is 647 g/mol. The average Bonchev–Trinajstić information content (AvgIpc) is 3.34. The zero-order valence-corrected chi connectivity index (χ0v) is 27.3. The number of rotatable bonds is 11. The Kier molecular flexibility index (Phi) is 9.91. The number of thiazole rings is 1. The third-order valence-corrected chi connectivity index (χ3v) is 8.21. The van der Waals surface area contributed by atoms with E-state index in [1.807, 2.05) is 13.8 Å². The van der Waals surface area contributed by atoms with Gasteiger partial charge in [0, 0.05) is 11.1 Å². The van der Waals surface area contributed by atoms with Crippen LogP contribution < -0.4 is 33.8 Å². The minimum atomic E-state index is -0.846. The van der Waals surface area contributed by atoms with Crippen LogP contribution in [-0.4, -0.2) is 37.5 Å². The minimum absolute atomic E-state index is 0.0460. The number of halogens is 1. The number of allylic oxidation sites excluding steroid dienone is 1. The van der Waals surface area contributed by atoms with Crippen molar-refractivity contribution in [1.82, 2.24) is 4.57 Å². The number of methoxy groups -OCH3 is 2. The van der Waals surface area contributed by atoms with Crippen LogP contribution in [0, 0.1) is 5.82 Å². The third-order valence-electron chi connectivity index (χ3n) is 7.23. The zero-order valence-electron chi connectivity index (χ0n) is 26.5. The van der Waals surface area contributed by atoms with Crippen molar-refractivity contribution in [3.05, 3.63) is 114 Å². The highest BCUT2D eigenvalue weighted by atomic mass is 32.1. The van der Waals surface area contributed by atoms with Crippen LogP contribution in [-0.2, 0) is 16.1 Å². The number of para-hydroxylation sites is 1. The molecule has 0 N–H and O–H groups in total. The number of ether oxygens (including phenoxy) is 5. The summed E-state index contributed by atoms with van der Waals surface area (Å²) in [5.74, 6) is 0.810. The van der Waals surface area contributed by atoms with Gasteiger partial charge in [-0.3, -0.25) is 9.36 Å². The van der Waals surface area contributed by atoms with Crippen LogP contribution in [0.1, 0.15) is 50.4 Å². The molecule has 0 saturated carbocycles. The monoisotopic (exact) mass is 646 g/mol. The van der Waals surface area contributed by atoms with Crippen LogP contribution in [0.25, 0.3) is 6.08 Å². The summed E-state index contributed by atoms with van der Waals surface area (Å²) >= 11 is 1.18. The number of carbonyl (C=O) groups is 1. The van der Waals surface area contributed by atoms with E-state index < -0.39 is 12.0 Å². The first-order valence-electron chi connectivity index (χ1n) is 14.7. The number of fused-ring (bicyclic) bond motifs is 1. The van der Waals surface area contributed by atoms with Crippen LogP contribution in [0.5, 0.6) is 23.0 Å². The molecule has 0 radical (unpaired) electrons. The molecule has 0 fully saturated rings. The van der Waals surface area contributed by atoms with Crippen LogP contribution in [0.4, 0.5) is 4.39 Å². The highest BCUT2D eigenvalue weighted by Crippen LogP contribution is 2.37. The molecule has 0 bridgehead atoms. The van der Waals surface area contributed by atoms with Crippen molar-refractivity contribution in [1.29, 1.82) is 0 Å². The van der Waals surface area contributed by atoms with Crippen molar-refractivity contribution < 1.29 is 32.9 Å². The Hall–Kier alpha value is -4.90. The summed E-state index contributed by atoms with van der Waals surface area (Å²) in [5.41, 5.74) is 1.86. The van der Waals surface area contributed by atoms with Gasteiger partial charge in [0.2, 0.25) is 0 Å². The Morgan fingerprint density at radius 1 is 1.04 bits per heavy atom. The number of esters is 1. The zero-order chi connectivity index (χ0) is 33.0. The summed E-state index contributed by atoms with van der Waals surface area (Å²) in [6.45, 7) is 7.38. The summed E-state index contributed by atoms with van der Waals surface area (Å²) in [6.07, 6.45) is 1.59. The Bertz CT molecular complexity index is 1980. The maximum atomic E-state index is 14.4. The van der Waals surface area contributed by atoms with Gasteiger partial charge in [-0.05, 0) is 63.6 Å². The van der Waals surface area contributed by atoms with Crippen molar-refractivity contribution in [3.63, 3.8) is 0 Å². The number of benzene rings is 3. The highest BCUT2D eigenvalue weighted by Gasteiger charge is 2.34. The standard InChI is InChI=1S/C35H35FN2O7S/c1-7-43-34(40)30-21(4)37-35-38(31(30)22-15-16-26(45-20(2)3)28(17-22)42-6)33(39)29(46-35)18-23-12-10-14-27(41-5)32(23)44-19-24-11-8-9-13-25(24)36/h8-18,20,31H,7,19H2,1-6H3/b29-18+/t31-/m0/s1. The lowest BCUT2D eigenvalue weighted by Crippen LogP contribution is -2.40. The van der Waals surface area contributed by atoms with Gasteiger partial charge in [-0.25, -0.2) is 14.2 Å². The van der Waals surface area contributed by atoms with E-state index in [4.69, 9.17) is 23.7 Å². The molecule has 0 aliphatic carbocycles. The second-order valence-corrected chi connectivity index (χ2v) is 11.6. The van der Waals surface area contributed by atoms with Crippen molar-refractivity contribution in [2.75, 3.05) is 20.8 Å². The normalized spacial score (nSPS) is 14.5. The number of hydrogen-bond acceptors (Lipinski definition) is 9. The maximum Gasteiger partial charge on any atom is 0.338 e. The van der Waals surface area contributed by atoms with Crippen molar-refractivity contribution in [2.45, 2.75) is 46.4 Å². The summed E-state index contributed by atoms with van der Waals surface area (Å²) < 4.78 is 44.7. The van der Waals surface area contributed by atoms with E-state index in [0.717, 1.165) is 0 Å². The molecule has 0 saturated heterocycles. The van der Waals surface area contributed by atoms with Gasteiger partial charge in [0.1, 0.15) is 12.4 Å². The minimum Gasteiger partial charge on any atom is -0.493 e. The van der Waals surface area contributed by atoms with E-state index in [1.165, 1.54) is 36.2 Å². The third kappa shape index (κ3) is 6.55. The number of hydrogen-bond donors (Lipinski definition) is 0. The molecule has 9 nitrogen and oxygen atoms in total. The van der Waals surface area contributed by atoms with Crippen molar-refractivity contribution >= 4 is 23.4 Å². The second kappa shape index (κ2) is 14.0. The molecule has 240 valence electrons. The van der Waals surface area contributed by atoms with Gasteiger partial charge in [-0.2, -0.15) is 0 Å². The lowest BCUT2D eigenvalue weighted by Gasteiger charge is -2.25. The molecule has 1 aromatic heterocycles. The molecule has 0 spiro atoms. The molecule has 0 amide bonds. The topological polar surface area (TPSA) is 97.6 Å². The van der Waals surface area contributed by atoms with Crippen LogP contribution >= 0.6 is 11.3 Å². The van der Waals surface area contributed by atoms with Crippen LogP contribution in [0.15, 0.2) is 81.7 Å². The smallest absolute Gasteiger partial charge is 0.338 e. The maximum absolute atomic E-state index is 14.4. The van der Waals surface area contributed by atoms with Crippen molar-refractivity contribution in [3.8, 4) is 23.0 Å². The van der Waals surface area contributed by atoms with Crippen molar-refractivity contribution in [2.24, 2.45) is 4.99 Å². The van der Waals surface area contributed by atoms with E-state index in [0.29, 0.717) is 54.7 Å². The summed E-state index contributed by atoms with van der Waals surface area (Å²) in [5, 5.41) is 0. The van der Waals surface area contributed by atoms with E-state index in [2.05, 4.69) is 4.99 Å². The number of carbonyl (C=O) groups excluding carboxylic acids is 1. The lowest BCUT2D eigenvalue weighted by atomic mass is 9.95. The first-order valence-corrected chi connectivity index (χ1v) is 15.6. The summed E-state index contributed by atoms with van der Waals surface area (Å²) in [6, 6.07) is 16.1. The molecule has 11 heteroatoms. The molecule has 2 heterocycles. The SMILES string of the molecule is CCOC(=O)C1=C(C)N=c2s/c(=C/c3cccc(OC)c3OCc3ccccc3F)c(=O)n2[C@H]1c1ccc(OC(C)C)c(OC)c1. The molecule has 46 heavy (non-hydrogen) atoms. The first-order chi connectivity index (χ1) is 22.2. The Labute approximate surface area is 269 Å². The van der Waals surface area contributed by atoms with Gasteiger partial charge in [-0.1, -0.05) is 47.7 Å². The van der Waals surface area contributed by atoms with E-state index in [1.54, 1.807) is 74.5 Å². The Morgan fingerprint density at radius 3 is 2.50 bits per heavy atom. The van der Waals surface area contributed by atoms with E-state index in [9.17, 15) is 14.0 Å². The van der Waals surface area contributed by atoms with Gasteiger partial charge in [0.15, 0.2) is 27.8 Å². The van der Waals surface area contributed by atoms with Gasteiger partial charge in [0.25, 0.3) is 5.56 Å². The van der Waals surface area contributed by atoms with E-state index in [-0.39, 0.29) is 36.3 Å². The molecular weight excluding hydrogens is 611 g/mol. The predicted molar refractivity (Wildman–Crippen MR) is 173 cm³/mol. The number of aromatic nitrogens is 1. The fourth-order valence-electron chi connectivity index (χ4n) is 5.18. The fourth-order valence-corrected chi connectivity index (χ4v) is 6.22. The molecular formula is C35H35FN2O7S. The molecule has 5 rings (SSSR count). The van der Waals surface area contributed by atoms with Crippen LogP contribution in [0.2, 0.25) is 0 Å². The van der Waals surface area contributed by atoms with Gasteiger partial charge in [0.05, 0.1) is 48.8 Å². The molecule has 1 atom stereocenters. The van der Waals surface area contributed by atoms with Gasteiger partial charge < -0.3 is 23.7 Å². The Morgan fingerprint density at radius 2 is 1.80 bits per heavy atom. The molecule has 3 aromatic carbocycles. The van der Waals surface area contributed by atoms with Crippen LogP contribution in [0.3, 0.4) is 0 Å². The quantitative estimate of drug-likeness (QED) is 0.204. The van der Waals surface area contributed by atoms with Gasteiger partial charge >= 0.3 is 5.97 Å². The largest absolute Gasteiger partial charge is 0.493 e. The highest BCUT2D eigenvalue weighted by molar-refractivity contribution is 7.07. The lowest BCUT2D eigenvalue weighted by molar-refractivity contribution is -0.139. The molecule has 1 aliphatic rings.